The Morgan fingerprint density at radius 1 is 1.43 bits per heavy atom. The van der Waals surface area contributed by atoms with E-state index in [0.717, 1.165) is 23.1 Å². The zero-order chi connectivity index (χ0) is 21.1. The molecule has 0 spiro atoms. The summed E-state index contributed by atoms with van der Waals surface area (Å²) in [4.78, 5) is 13.5. The van der Waals surface area contributed by atoms with Gasteiger partial charge in [0.2, 0.25) is 12.1 Å². The van der Waals surface area contributed by atoms with Crippen LogP contribution in [0.3, 0.4) is 0 Å². The molecule has 0 aliphatic rings. The highest BCUT2D eigenvalue weighted by molar-refractivity contribution is 7.85. The average molecular weight is 444 g/mol. The van der Waals surface area contributed by atoms with Gasteiger partial charge in [-0.15, -0.1) is 0 Å². The summed E-state index contributed by atoms with van der Waals surface area (Å²) in [6, 6.07) is 1.07. The number of carbonyl (C=O) groups excluding carboxylic acids is 1. The van der Waals surface area contributed by atoms with E-state index in [9.17, 15) is 31.8 Å². The third-order valence-electron chi connectivity index (χ3n) is 3.50. The number of alkyl halides is 3. The van der Waals surface area contributed by atoms with Crippen molar-refractivity contribution in [2.45, 2.75) is 19.5 Å². The summed E-state index contributed by atoms with van der Waals surface area (Å²) in [5.41, 5.74) is 0.259. The molecule has 0 radical (unpaired) electrons. The van der Waals surface area contributed by atoms with E-state index in [1.165, 1.54) is 11.1 Å². The van der Waals surface area contributed by atoms with Gasteiger partial charge in [-0.05, 0) is 6.92 Å². The van der Waals surface area contributed by atoms with E-state index < -0.39 is 40.2 Å². The van der Waals surface area contributed by atoms with Crippen LogP contribution >= 0.6 is 11.6 Å². The number of pyridine rings is 1. The van der Waals surface area contributed by atoms with E-state index in [-0.39, 0.29) is 29.5 Å². The lowest BCUT2D eigenvalue weighted by Gasteiger charge is -2.19. The summed E-state index contributed by atoms with van der Waals surface area (Å²) in [5, 5.41) is 13.2. The second-order valence-electron chi connectivity index (χ2n) is 5.63. The van der Waals surface area contributed by atoms with Gasteiger partial charge in [-0.25, -0.2) is 9.07 Å². The molecule has 154 valence electrons. The van der Waals surface area contributed by atoms with Gasteiger partial charge < -0.3 is 4.90 Å². The molecule has 2 rings (SSSR count). The van der Waals surface area contributed by atoms with Gasteiger partial charge in [0.05, 0.1) is 6.20 Å². The molecule has 1 atom stereocenters. The lowest BCUT2D eigenvalue weighted by molar-refractivity contribution is -0.905. The molecule has 1 amide bonds. The van der Waals surface area contributed by atoms with Crippen molar-refractivity contribution in [3.05, 3.63) is 35.6 Å². The van der Waals surface area contributed by atoms with Crippen LogP contribution in [0, 0.1) is 5.82 Å². The molecule has 7 nitrogen and oxygen atoms in total. The normalized spacial score (nSPS) is 12.8. The third-order valence-corrected chi connectivity index (χ3v) is 5.08. The summed E-state index contributed by atoms with van der Waals surface area (Å²) in [6.45, 7) is 1.74. The zero-order valence-corrected chi connectivity index (χ0v) is 16.1. The molecule has 0 aliphatic carbocycles. The number of halogens is 5. The van der Waals surface area contributed by atoms with Gasteiger partial charge in [-0.1, -0.05) is 11.6 Å². The Balaban J connectivity index is 2.16. The Morgan fingerprint density at radius 2 is 2.11 bits per heavy atom. The van der Waals surface area contributed by atoms with E-state index in [1.54, 1.807) is 6.92 Å². The van der Waals surface area contributed by atoms with Crippen molar-refractivity contribution in [2.75, 3.05) is 23.0 Å². The molecule has 2 heterocycles. The van der Waals surface area contributed by atoms with Crippen LogP contribution in [-0.4, -0.2) is 49.3 Å². The van der Waals surface area contributed by atoms with Crippen molar-refractivity contribution in [1.82, 2.24) is 9.78 Å². The predicted molar refractivity (Wildman–Crippen MR) is 92.5 cm³/mol. The molecule has 1 unspecified atom stereocenters. The van der Waals surface area contributed by atoms with Gasteiger partial charge in [0, 0.05) is 40.3 Å². The van der Waals surface area contributed by atoms with E-state index in [0.29, 0.717) is 4.73 Å². The lowest BCUT2D eigenvalue weighted by Crippen LogP contribution is -2.32. The molecule has 2 aromatic heterocycles. The van der Waals surface area contributed by atoms with Crippen LogP contribution < -0.4 is 9.63 Å². The second-order valence-corrected chi connectivity index (χ2v) is 7.57. The molecule has 0 aliphatic heterocycles. The first-order chi connectivity index (χ1) is 13.0. The Labute approximate surface area is 164 Å². The number of aromatic nitrogens is 3. The van der Waals surface area contributed by atoms with Crippen LogP contribution in [0.5, 0.6) is 0 Å². The van der Waals surface area contributed by atoms with Crippen LogP contribution in [0.2, 0.25) is 5.15 Å². The second kappa shape index (κ2) is 8.86. The molecule has 0 saturated carbocycles. The van der Waals surface area contributed by atoms with E-state index in [1.807, 2.05) is 0 Å². The number of rotatable bonds is 7. The molecular weight excluding hydrogens is 428 g/mol. The third kappa shape index (κ3) is 5.89. The fourth-order valence-electron chi connectivity index (χ4n) is 2.37. The highest BCUT2D eigenvalue weighted by Crippen LogP contribution is 2.26. The van der Waals surface area contributed by atoms with Crippen LogP contribution in [0.25, 0.3) is 5.69 Å². The summed E-state index contributed by atoms with van der Waals surface area (Å²) in [7, 11) is -2.22. The van der Waals surface area contributed by atoms with E-state index in [4.69, 9.17) is 11.6 Å². The molecule has 0 fully saturated rings. The van der Waals surface area contributed by atoms with Crippen LogP contribution in [-0.2, 0) is 15.6 Å². The van der Waals surface area contributed by atoms with Crippen molar-refractivity contribution in [3.8, 4) is 5.69 Å². The fourth-order valence-corrected chi connectivity index (χ4v) is 3.51. The van der Waals surface area contributed by atoms with Crippen LogP contribution in [0.1, 0.15) is 13.3 Å². The zero-order valence-electron chi connectivity index (χ0n) is 14.5. The molecule has 0 saturated heterocycles. The molecule has 13 heteroatoms. The Hall–Kier alpha value is -2.21. The standard InChI is InChI=1S/C15H16ClF4N4O3S/c1-2-23(13(25)3-4-28(27)9-15(18,19)20)12-8-24(21-14(12)16)11-5-10(17)6-22(26)7-11/h5-8,26H,2-4,9H2,1H3/q+1. The smallest absolute Gasteiger partial charge is 0.308 e. The first-order valence-electron chi connectivity index (χ1n) is 7.89. The number of hydrogen-bond donors (Lipinski definition) is 1. The van der Waals surface area contributed by atoms with Crippen LogP contribution in [0.4, 0.5) is 23.2 Å². The summed E-state index contributed by atoms with van der Waals surface area (Å²) in [6.07, 6.45) is -1.68. The first-order valence-corrected chi connectivity index (χ1v) is 9.75. The van der Waals surface area contributed by atoms with E-state index >= 15 is 0 Å². The average Bonchev–Trinajstić information content (AvgIpc) is 2.93. The molecule has 28 heavy (non-hydrogen) atoms. The lowest BCUT2D eigenvalue weighted by atomic mass is 10.3. The quantitative estimate of drug-likeness (QED) is 0.404. The maximum atomic E-state index is 13.4. The molecule has 2 aromatic rings. The van der Waals surface area contributed by atoms with Crippen molar-refractivity contribution in [2.24, 2.45) is 0 Å². The number of hydrogen-bond acceptors (Lipinski definition) is 4. The Morgan fingerprint density at radius 3 is 2.68 bits per heavy atom. The van der Waals surface area contributed by atoms with Crippen LogP contribution in [0.15, 0.2) is 24.7 Å². The summed E-state index contributed by atoms with van der Waals surface area (Å²) < 4.78 is 63.2. The predicted octanol–water partition coefficient (Wildman–Crippen LogP) is 2.24. The number of amides is 1. The van der Waals surface area contributed by atoms with Gasteiger partial charge in [0.15, 0.2) is 11.0 Å². The fraction of sp³-hybridized carbons (Fsp3) is 0.400. The highest BCUT2D eigenvalue weighted by atomic mass is 35.5. The van der Waals surface area contributed by atoms with Gasteiger partial charge in [-0.3, -0.25) is 14.2 Å². The van der Waals surface area contributed by atoms with Crippen molar-refractivity contribution < 1.29 is 36.5 Å². The number of anilines is 1. The minimum absolute atomic E-state index is 0.111. The van der Waals surface area contributed by atoms with Gasteiger partial charge in [-0.2, -0.15) is 18.3 Å². The maximum absolute atomic E-state index is 13.4. The number of nitrogens with zero attached hydrogens (tertiary/aromatic N) is 4. The van der Waals surface area contributed by atoms with Crippen molar-refractivity contribution in [1.29, 1.82) is 0 Å². The largest absolute Gasteiger partial charge is 0.400 e. The topological polar surface area (TPSA) is 79.3 Å². The highest BCUT2D eigenvalue weighted by Gasteiger charge is 2.31. The van der Waals surface area contributed by atoms with Gasteiger partial charge in [0.25, 0.3) is 6.20 Å². The first kappa shape index (κ1) is 22.1. The molecule has 0 bridgehead atoms. The minimum Gasteiger partial charge on any atom is -0.308 e. The Bertz CT molecular complexity index is 870. The molecular formula is C15H16ClF4N4O3S+. The maximum Gasteiger partial charge on any atom is 0.400 e. The Kier molecular flexibility index (Phi) is 6.99. The monoisotopic (exact) mass is 443 g/mol. The van der Waals surface area contributed by atoms with Gasteiger partial charge in [0.1, 0.15) is 17.1 Å². The van der Waals surface area contributed by atoms with Crippen molar-refractivity contribution in [3.63, 3.8) is 0 Å². The summed E-state index contributed by atoms with van der Waals surface area (Å²) >= 11 is 6.04. The van der Waals surface area contributed by atoms with E-state index in [2.05, 4.69) is 5.10 Å². The molecule has 0 aromatic carbocycles. The van der Waals surface area contributed by atoms with Gasteiger partial charge >= 0.3 is 6.18 Å². The van der Waals surface area contributed by atoms with Crippen molar-refractivity contribution >= 4 is 34.0 Å². The SMILES string of the molecule is CCN(C(=O)CCS(=O)CC(F)(F)F)c1cn(-c2cc(F)c[n+](O)c2)nc1Cl. The minimum atomic E-state index is -4.57. The number of carbonyl (C=O) groups is 1. The molecule has 1 N–H and O–H groups in total. The summed E-state index contributed by atoms with van der Waals surface area (Å²) in [5.74, 6) is -3.26.